The zero-order valence-corrected chi connectivity index (χ0v) is 12.0. The average Bonchev–Trinajstić information content (AvgIpc) is 2.49. The highest BCUT2D eigenvalue weighted by Crippen LogP contribution is 2.10. The van der Waals surface area contributed by atoms with Crippen molar-refractivity contribution < 1.29 is 9.18 Å². The molecule has 1 amide bonds. The van der Waals surface area contributed by atoms with Gasteiger partial charge in [0.25, 0.3) is 5.91 Å². The SMILES string of the molecule is CNc1ccc(C(=O)NCCc2ccc(F)cc2C)nn1. The predicted molar refractivity (Wildman–Crippen MR) is 78.8 cm³/mol. The number of anilines is 1. The van der Waals surface area contributed by atoms with Crippen LogP contribution in [-0.4, -0.2) is 29.7 Å². The zero-order chi connectivity index (χ0) is 15.2. The van der Waals surface area contributed by atoms with E-state index in [1.54, 1.807) is 25.2 Å². The van der Waals surface area contributed by atoms with Crippen LogP contribution in [0.4, 0.5) is 10.2 Å². The number of nitrogens with one attached hydrogen (secondary N) is 2. The highest BCUT2D eigenvalue weighted by molar-refractivity contribution is 5.92. The summed E-state index contributed by atoms with van der Waals surface area (Å²) in [6.07, 6.45) is 0.639. The predicted octanol–water partition coefficient (Wildman–Crippen LogP) is 1.94. The van der Waals surface area contributed by atoms with Crippen LogP contribution < -0.4 is 10.6 Å². The minimum Gasteiger partial charge on any atom is -0.372 e. The molecule has 0 fully saturated rings. The van der Waals surface area contributed by atoms with Gasteiger partial charge in [0.1, 0.15) is 11.6 Å². The van der Waals surface area contributed by atoms with E-state index >= 15 is 0 Å². The van der Waals surface area contributed by atoms with E-state index in [9.17, 15) is 9.18 Å². The van der Waals surface area contributed by atoms with E-state index in [2.05, 4.69) is 20.8 Å². The molecule has 0 radical (unpaired) electrons. The molecule has 1 aromatic heterocycles. The molecule has 21 heavy (non-hydrogen) atoms. The third kappa shape index (κ3) is 3.98. The van der Waals surface area contributed by atoms with Crippen LogP contribution in [0.25, 0.3) is 0 Å². The van der Waals surface area contributed by atoms with Gasteiger partial charge in [-0.2, -0.15) is 0 Å². The molecule has 0 spiro atoms. The zero-order valence-electron chi connectivity index (χ0n) is 12.0. The maximum atomic E-state index is 13.0. The Labute approximate surface area is 122 Å². The molecular weight excluding hydrogens is 271 g/mol. The van der Waals surface area contributed by atoms with Crippen LogP contribution in [0.1, 0.15) is 21.6 Å². The molecule has 110 valence electrons. The first-order valence-electron chi connectivity index (χ1n) is 6.65. The minimum atomic E-state index is -0.273. The van der Waals surface area contributed by atoms with Crippen LogP contribution in [-0.2, 0) is 6.42 Å². The van der Waals surface area contributed by atoms with Gasteiger partial charge in [0.05, 0.1) is 0 Å². The Morgan fingerprint density at radius 2 is 2.05 bits per heavy atom. The van der Waals surface area contributed by atoms with Crippen molar-refractivity contribution in [1.82, 2.24) is 15.5 Å². The average molecular weight is 288 g/mol. The Kier molecular flexibility index (Phi) is 4.81. The van der Waals surface area contributed by atoms with Gasteiger partial charge in [-0.05, 0) is 48.7 Å². The van der Waals surface area contributed by atoms with E-state index in [1.807, 2.05) is 6.92 Å². The van der Waals surface area contributed by atoms with Crippen LogP contribution in [0, 0.1) is 12.7 Å². The number of nitrogens with zero attached hydrogens (tertiary/aromatic N) is 2. The smallest absolute Gasteiger partial charge is 0.271 e. The van der Waals surface area contributed by atoms with Crippen molar-refractivity contribution in [2.24, 2.45) is 0 Å². The Balaban J connectivity index is 1.88. The van der Waals surface area contributed by atoms with Crippen LogP contribution in [0.15, 0.2) is 30.3 Å². The van der Waals surface area contributed by atoms with E-state index in [4.69, 9.17) is 0 Å². The van der Waals surface area contributed by atoms with Gasteiger partial charge in [-0.15, -0.1) is 10.2 Å². The number of carbonyl (C=O) groups is 1. The molecule has 2 rings (SSSR count). The number of aryl methyl sites for hydroxylation is 1. The summed E-state index contributed by atoms with van der Waals surface area (Å²) in [5.74, 6) is 0.0820. The lowest BCUT2D eigenvalue weighted by atomic mass is 10.1. The molecule has 1 aromatic carbocycles. The van der Waals surface area contributed by atoms with Gasteiger partial charge in [0.15, 0.2) is 5.69 Å². The van der Waals surface area contributed by atoms with E-state index < -0.39 is 0 Å². The second-order valence-corrected chi connectivity index (χ2v) is 4.63. The first-order valence-corrected chi connectivity index (χ1v) is 6.65. The third-order valence-electron chi connectivity index (χ3n) is 3.14. The van der Waals surface area contributed by atoms with Crippen molar-refractivity contribution in [2.75, 3.05) is 18.9 Å². The van der Waals surface area contributed by atoms with Crippen molar-refractivity contribution >= 4 is 11.7 Å². The molecule has 1 heterocycles. The van der Waals surface area contributed by atoms with Crippen LogP contribution >= 0.6 is 0 Å². The maximum Gasteiger partial charge on any atom is 0.271 e. The number of benzene rings is 1. The van der Waals surface area contributed by atoms with Crippen molar-refractivity contribution in [3.8, 4) is 0 Å². The van der Waals surface area contributed by atoms with E-state index in [0.29, 0.717) is 18.8 Å². The van der Waals surface area contributed by atoms with Crippen LogP contribution in [0.2, 0.25) is 0 Å². The van der Waals surface area contributed by atoms with Crippen LogP contribution in [0.3, 0.4) is 0 Å². The summed E-state index contributed by atoms with van der Waals surface area (Å²) in [6, 6.07) is 7.94. The lowest BCUT2D eigenvalue weighted by Gasteiger charge is -2.07. The van der Waals surface area contributed by atoms with Gasteiger partial charge in [0.2, 0.25) is 0 Å². The normalized spacial score (nSPS) is 10.2. The molecule has 0 saturated carbocycles. The minimum absolute atomic E-state index is 0.250. The van der Waals surface area contributed by atoms with Crippen molar-refractivity contribution in [3.05, 3.63) is 53.0 Å². The summed E-state index contributed by atoms with van der Waals surface area (Å²) < 4.78 is 13.0. The number of aromatic nitrogens is 2. The topological polar surface area (TPSA) is 66.9 Å². The molecule has 2 aromatic rings. The first kappa shape index (κ1) is 14.9. The standard InChI is InChI=1S/C15H17FN4O/c1-10-9-12(16)4-3-11(10)7-8-18-15(21)13-5-6-14(17-2)20-19-13/h3-6,9H,7-8H2,1-2H3,(H,17,20)(H,18,21). The molecule has 0 atom stereocenters. The Bertz CT molecular complexity index is 628. The van der Waals surface area contributed by atoms with Gasteiger partial charge in [-0.25, -0.2) is 4.39 Å². The van der Waals surface area contributed by atoms with Gasteiger partial charge >= 0.3 is 0 Å². The van der Waals surface area contributed by atoms with Crippen LogP contribution in [0.5, 0.6) is 0 Å². The summed E-state index contributed by atoms with van der Waals surface area (Å²) >= 11 is 0. The van der Waals surface area contributed by atoms with Gasteiger partial charge in [-0.3, -0.25) is 4.79 Å². The molecule has 0 unspecified atom stereocenters. The summed E-state index contributed by atoms with van der Waals surface area (Å²) in [6.45, 7) is 2.31. The van der Waals surface area contributed by atoms with Gasteiger partial charge < -0.3 is 10.6 Å². The van der Waals surface area contributed by atoms with Gasteiger partial charge in [0, 0.05) is 13.6 Å². The lowest BCUT2D eigenvalue weighted by Crippen LogP contribution is -2.27. The Hall–Kier alpha value is -2.50. The number of amides is 1. The molecule has 0 saturated heterocycles. The fraction of sp³-hybridized carbons (Fsp3) is 0.267. The van der Waals surface area contributed by atoms with Gasteiger partial charge in [-0.1, -0.05) is 6.07 Å². The molecule has 0 aliphatic heterocycles. The van der Waals surface area contributed by atoms with E-state index in [0.717, 1.165) is 11.1 Å². The summed E-state index contributed by atoms with van der Waals surface area (Å²) in [4.78, 5) is 11.9. The summed E-state index contributed by atoms with van der Waals surface area (Å²) in [5.41, 5.74) is 2.15. The number of carbonyl (C=O) groups excluding carboxylic acids is 1. The molecule has 2 N–H and O–H groups in total. The number of halogens is 1. The largest absolute Gasteiger partial charge is 0.372 e. The van der Waals surface area contributed by atoms with Crippen molar-refractivity contribution in [3.63, 3.8) is 0 Å². The second kappa shape index (κ2) is 6.78. The third-order valence-corrected chi connectivity index (χ3v) is 3.14. The highest BCUT2D eigenvalue weighted by Gasteiger charge is 2.08. The maximum absolute atomic E-state index is 13.0. The number of hydrogen-bond acceptors (Lipinski definition) is 4. The first-order chi connectivity index (χ1) is 10.1. The van der Waals surface area contributed by atoms with Crippen molar-refractivity contribution in [1.29, 1.82) is 0 Å². The molecule has 6 heteroatoms. The Morgan fingerprint density at radius 3 is 2.67 bits per heavy atom. The molecule has 5 nitrogen and oxygen atoms in total. The molecular formula is C15H17FN4O. The quantitative estimate of drug-likeness (QED) is 0.882. The lowest BCUT2D eigenvalue weighted by molar-refractivity contribution is 0.0948. The fourth-order valence-corrected chi connectivity index (χ4v) is 1.93. The Morgan fingerprint density at radius 1 is 1.24 bits per heavy atom. The molecule has 0 bridgehead atoms. The number of hydrogen-bond donors (Lipinski definition) is 2. The number of rotatable bonds is 5. The van der Waals surface area contributed by atoms with Crippen molar-refractivity contribution in [2.45, 2.75) is 13.3 Å². The highest BCUT2D eigenvalue weighted by atomic mass is 19.1. The second-order valence-electron chi connectivity index (χ2n) is 4.63. The molecule has 0 aliphatic rings. The van der Waals surface area contributed by atoms with E-state index in [1.165, 1.54) is 12.1 Å². The molecule has 0 aliphatic carbocycles. The fourth-order valence-electron chi connectivity index (χ4n) is 1.93. The summed E-state index contributed by atoms with van der Waals surface area (Å²) in [7, 11) is 1.73. The van der Waals surface area contributed by atoms with E-state index in [-0.39, 0.29) is 17.4 Å². The summed E-state index contributed by atoms with van der Waals surface area (Å²) in [5, 5.41) is 13.3. The monoisotopic (exact) mass is 288 g/mol.